The minimum atomic E-state index is -0.0772. The summed E-state index contributed by atoms with van der Waals surface area (Å²) in [4.78, 5) is 11.8. The van der Waals surface area contributed by atoms with Crippen molar-refractivity contribution in [3.8, 4) is 0 Å². The zero-order valence-electron chi connectivity index (χ0n) is 11.5. The van der Waals surface area contributed by atoms with Crippen molar-refractivity contribution in [3.63, 3.8) is 0 Å². The van der Waals surface area contributed by atoms with Crippen molar-refractivity contribution < 1.29 is 4.79 Å². The van der Waals surface area contributed by atoms with Crippen molar-refractivity contribution in [2.24, 2.45) is 17.8 Å². The van der Waals surface area contributed by atoms with Crippen LogP contribution in [0.4, 0.5) is 10.5 Å². The second-order valence-electron chi connectivity index (χ2n) is 6.14. The average Bonchev–Trinajstić information content (AvgIpc) is 3.01. The van der Waals surface area contributed by atoms with Gasteiger partial charge in [-0.1, -0.05) is 24.1 Å². The maximum absolute atomic E-state index is 11.8. The first-order chi connectivity index (χ1) is 9.20. The molecule has 2 bridgehead atoms. The molecule has 19 heavy (non-hydrogen) atoms. The second kappa shape index (κ2) is 5.24. The number of nitrogens with one attached hydrogen (secondary N) is 2. The van der Waals surface area contributed by atoms with Gasteiger partial charge in [0.15, 0.2) is 0 Å². The van der Waals surface area contributed by atoms with Gasteiger partial charge in [0.25, 0.3) is 0 Å². The highest BCUT2D eigenvalue weighted by molar-refractivity contribution is 5.89. The number of hydrogen-bond acceptors (Lipinski definition) is 1. The van der Waals surface area contributed by atoms with Crippen LogP contribution in [0.3, 0.4) is 0 Å². The molecule has 3 nitrogen and oxygen atoms in total. The van der Waals surface area contributed by atoms with E-state index >= 15 is 0 Å². The molecule has 2 saturated carbocycles. The number of carbonyl (C=O) groups is 1. The minimum Gasteiger partial charge on any atom is -0.338 e. The molecule has 1 aromatic carbocycles. The molecule has 2 fully saturated rings. The van der Waals surface area contributed by atoms with Gasteiger partial charge in [-0.3, -0.25) is 0 Å². The standard InChI is InChI=1S/C16H22N2O/c1-11-2-6-15(7-3-11)18-16(19)17-10-14-9-12-4-5-13(14)8-12/h2-3,6-7,12-14H,4-5,8-10H2,1H3,(H2,17,18,19)/t12-,13+,14-/m0/s1. The predicted molar refractivity (Wildman–Crippen MR) is 77.1 cm³/mol. The number of urea groups is 1. The molecule has 1 aromatic rings. The summed E-state index contributed by atoms with van der Waals surface area (Å²) >= 11 is 0. The lowest BCUT2D eigenvalue weighted by Gasteiger charge is -2.21. The van der Waals surface area contributed by atoms with Crippen molar-refractivity contribution in [2.45, 2.75) is 32.6 Å². The number of hydrogen-bond donors (Lipinski definition) is 2. The molecule has 0 heterocycles. The average molecular weight is 258 g/mol. The first-order valence-electron chi connectivity index (χ1n) is 7.32. The molecule has 2 aliphatic rings. The van der Waals surface area contributed by atoms with Crippen molar-refractivity contribution >= 4 is 11.7 Å². The monoisotopic (exact) mass is 258 g/mol. The predicted octanol–water partition coefficient (Wildman–Crippen LogP) is 3.55. The van der Waals surface area contributed by atoms with E-state index in [0.717, 1.165) is 24.1 Å². The van der Waals surface area contributed by atoms with Crippen LogP contribution >= 0.6 is 0 Å². The SMILES string of the molecule is Cc1ccc(NC(=O)NC[C@@H]2C[C@H]3CC[C@@H]2C3)cc1. The van der Waals surface area contributed by atoms with Crippen molar-refractivity contribution in [3.05, 3.63) is 29.8 Å². The lowest BCUT2D eigenvalue weighted by molar-refractivity contribution is 0.245. The highest BCUT2D eigenvalue weighted by Crippen LogP contribution is 2.47. The van der Waals surface area contributed by atoms with Crippen LogP contribution in [0.15, 0.2) is 24.3 Å². The summed E-state index contributed by atoms with van der Waals surface area (Å²) in [5.74, 6) is 2.52. The molecule has 0 unspecified atom stereocenters. The molecule has 0 aromatic heterocycles. The molecule has 102 valence electrons. The lowest BCUT2D eigenvalue weighted by atomic mass is 9.89. The van der Waals surface area contributed by atoms with E-state index in [1.165, 1.54) is 31.2 Å². The van der Waals surface area contributed by atoms with E-state index in [4.69, 9.17) is 0 Å². The third-order valence-electron chi connectivity index (χ3n) is 4.72. The molecule has 0 aliphatic heterocycles. The molecular weight excluding hydrogens is 236 g/mol. The van der Waals surface area contributed by atoms with E-state index in [1.807, 2.05) is 31.2 Å². The highest BCUT2D eigenvalue weighted by Gasteiger charge is 2.39. The Morgan fingerprint density at radius 3 is 2.63 bits per heavy atom. The van der Waals surface area contributed by atoms with Crippen LogP contribution in [0.25, 0.3) is 0 Å². The molecule has 2 aliphatic carbocycles. The van der Waals surface area contributed by atoms with Crippen molar-refractivity contribution in [1.29, 1.82) is 0 Å². The Labute approximate surface area is 114 Å². The fourth-order valence-electron chi connectivity index (χ4n) is 3.66. The fourth-order valence-corrected chi connectivity index (χ4v) is 3.66. The number of amides is 2. The Kier molecular flexibility index (Phi) is 3.45. The summed E-state index contributed by atoms with van der Waals surface area (Å²) in [7, 11) is 0. The van der Waals surface area contributed by atoms with Crippen LogP contribution in [-0.2, 0) is 0 Å². The molecule has 0 saturated heterocycles. The van der Waals surface area contributed by atoms with E-state index < -0.39 is 0 Å². The van der Waals surface area contributed by atoms with E-state index in [9.17, 15) is 4.79 Å². The van der Waals surface area contributed by atoms with Gasteiger partial charge in [0.1, 0.15) is 0 Å². The number of benzene rings is 1. The normalized spacial score (nSPS) is 28.4. The molecular formula is C16H22N2O. The maximum Gasteiger partial charge on any atom is 0.319 e. The number of carbonyl (C=O) groups excluding carboxylic acids is 1. The number of anilines is 1. The quantitative estimate of drug-likeness (QED) is 0.855. The first-order valence-corrected chi connectivity index (χ1v) is 7.32. The van der Waals surface area contributed by atoms with Gasteiger partial charge in [-0.15, -0.1) is 0 Å². The van der Waals surface area contributed by atoms with Crippen molar-refractivity contribution in [1.82, 2.24) is 5.32 Å². The molecule has 2 N–H and O–H groups in total. The van der Waals surface area contributed by atoms with Gasteiger partial charge < -0.3 is 10.6 Å². The van der Waals surface area contributed by atoms with Crippen LogP contribution in [0.5, 0.6) is 0 Å². The van der Waals surface area contributed by atoms with Crippen molar-refractivity contribution in [2.75, 3.05) is 11.9 Å². The Balaban J connectivity index is 1.45. The number of aryl methyl sites for hydroxylation is 1. The molecule has 3 atom stereocenters. The third kappa shape index (κ3) is 2.91. The van der Waals surface area contributed by atoms with Gasteiger partial charge in [-0.25, -0.2) is 4.79 Å². The van der Waals surface area contributed by atoms with E-state index in [2.05, 4.69) is 10.6 Å². The first kappa shape index (κ1) is 12.5. The highest BCUT2D eigenvalue weighted by atomic mass is 16.2. The van der Waals surface area contributed by atoms with Gasteiger partial charge in [-0.2, -0.15) is 0 Å². The Hall–Kier alpha value is -1.51. The Morgan fingerprint density at radius 1 is 1.21 bits per heavy atom. The van der Waals surface area contributed by atoms with Gasteiger partial charge >= 0.3 is 6.03 Å². The number of fused-ring (bicyclic) bond motifs is 2. The zero-order valence-corrected chi connectivity index (χ0v) is 11.5. The molecule has 2 amide bonds. The van der Waals surface area contributed by atoms with Gasteiger partial charge in [-0.05, 0) is 56.1 Å². The topological polar surface area (TPSA) is 41.1 Å². The lowest BCUT2D eigenvalue weighted by Crippen LogP contribution is -2.34. The third-order valence-corrected chi connectivity index (χ3v) is 4.72. The fraction of sp³-hybridized carbons (Fsp3) is 0.562. The van der Waals surface area contributed by atoms with Gasteiger partial charge in [0.2, 0.25) is 0 Å². The summed E-state index contributed by atoms with van der Waals surface area (Å²) in [5.41, 5.74) is 2.06. The summed E-state index contributed by atoms with van der Waals surface area (Å²) in [6, 6.07) is 7.81. The Morgan fingerprint density at radius 2 is 2.00 bits per heavy atom. The minimum absolute atomic E-state index is 0.0772. The Bertz CT molecular complexity index is 454. The molecule has 0 radical (unpaired) electrons. The summed E-state index contributed by atoms with van der Waals surface area (Å²) < 4.78 is 0. The molecule has 0 spiro atoms. The summed E-state index contributed by atoms with van der Waals surface area (Å²) in [5, 5.41) is 5.91. The molecule has 3 heteroatoms. The molecule has 3 rings (SSSR count). The second-order valence-corrected chi connectivity index (χ2v) is 6.14. The van der Waals surface area contributed by atoms with Crippen LogP contribution in [0.2, 0.25) is 0 Å². The number of rotatable bonds is 3. The van der Waals surface area contributed by atoms with Crippen LogP contribution in [0.1, 0.15) is 31.2 Å². The van der Waals surface area contributed by atoms with Crippen LogP contribution < -0.4 is 10.6 Å². The van der Waals surface area contributed by atoms with Crippen LogP contribution in [0, 0.1) is 24.7 Å². The largest absolute Gasteiger partial charge is 0.338 e. The van der Waals surface area contributed by atoms with E-state index in [0.29, 0.717) is 5.92 Å². The smallest absolute Gasteiger partial charge is 0.319 e. The summed E-state index contributed by atoms with van der Waals surface area (Å²) in [6.45, 7) is 2.87. The maximum atomic E-state index is 11.8. The summed E-state index contributed by atoms with van der Waals surface area (Å²) in [6.07, 6.45) is 5.49. The van der Waals surface area contributed by atoms with Gasteiger partial charge in [0, 0.05) is 12.2 Å². The zero-order chi connectivity index (χ0) is 13.2. The van der Waals surface area contributed by atoms with E-state index in [-0.39, 0.29) is 6.03 Å². The van der Waals surface area contributed by atoms with Crippen LogP contribution in [-0.4, -0.2) is 12.6 Å². The van der Waals surface area contributed by atoms with E-state index in [1.54, 1.807) is 0 Å². The van der Waals surface area contributed by atoms with Gasteiger partial charge in [0.05, 0.1) is 0 Å².